The molecular formula is C24H24N2O3. The quantitative estimate of drug-likeness (QED) is 0.564. The molecule has 2 amide bonds. The number of hydrogen-bond donors (Lipinski definition) is 2. The molecule has 0 aliphatic rings. The van der Waals surface area contributed by atoms with Crippen LogP contribution in [0, 0.1) is 0 Å². The SMILES string of the molecule is CCCOc1ccc(C(NC(=O)c2ccccc2)NC(=O)c2ccccc2)cc1. The van der Waals surface area contributed by atoms with E-state index < -0.39 is 6.17 Å². The van der Waals surface area contributed by atoms with E-state index >= 15 is 0 Å². The van der Waals surface area contributed by atoms with E-state index in [1.165, 1.54) is 0 Å². The van der Waals surface area contributed by atoms with Gasteiger partial charge in [0, 0.05) is 11.1 Å². The number of nitrogens with one attached hydrogen (secondary N) is 2. The summed E-state index contributed by atoms with van der Waals surface area (Å²) < 4.78 is 5.62. The lowest BCUT2D eigenvalue weighted by molar-refractivity contribution is 0.0883. The first-order valence-corrected chi connectivity index (χ1v) is 9.62. The molecule has 0 aliphatic heterocycles. The molecule has 3 aromatic rings. The maximum absolute atomic E-state index is 12.7. The molecule has 29 heavy (non-hydrogen) atoms. The zero-order valence-corrected chi connectivity index (χ0v) is 16.3. The van der Waals surface area contributed by atoms with Crippen LogP contribution in [0.4, 0.5) is 0 Å². The second-order valence-electron chi connectivity index (χ2n) is 6.53. The maximum atomic E-state index is 12.7. The van der Waals surface area contributed by atoms with Gasteiger partial charge in [0.15, 0.2) is 0 Å². The van der Waals surface area contributed by atoms with Gasteiger partial charge in [-0.05, 0) is 48.4 Å². The fourth-order valence-electron chi connectivity index (χ4n) is 2.79. The lowest BCUT2D eigenvalue weighted by Gasteiger charge is -2.21. The maximum Gasteiger partial charge on any atom is 0.253 e. The van der Waals surface area contributed by atoms with E-state index in [9.17, 15) is 9.59 Å². The Hall–Kier alpha value is -3.60. The monoisotopic (exact) mass is 388 g/mol. The molecule has 0 fully saturated rings. The van der Waals surface area contributed by atoms with Crippen molar-refractivity contribution in [2.45, 2.75) is 19.5 Å². The third kappa shape index (κ3) is 5.69. The largest absolute Gasteiger partial charge is 0.494 e. The van der Waals surface area contributed by atoms with Crippen molar-refractivity contribution < 1.29 is 14.3 Å². The van der Waals surface area contributed by atoms with Crippen molar-refractivity contribution in [3.05, 3.63) is 102 Å². The number of carbonyl (C=O) groups is 2. The Kier molecular flexibility index (Phi) is 7.00. The Balaban J connectivity index is 1.80. The van der Waals surface area contributed by atoms with E-state index in [-0.39, 0.29) is 11.8 Å². The zero-order chi connectivity index (χ0) is 20.5. The number of benzene rings is 3. The van der Waals surface area contributed by atoms with Crippen molar-refractivity contribution in [3.8, 4) is 5.75 Å². The number of carbonyl (C=O) groups excluding carboxylic acids is 2. The van der Waals surface area contributed by atoms with E-state index in [0.717, 1.165) is 17.7 Å². The van der Waals surface area contributed by atoms with Gasteiger partial charge in [-0.25, -0.2) is 0 Å². The molecule has 2 N–H and O–H groups in total. The first-order valence-electron chi connectivity index (χ1n) is 9.62. The minimum Gasteiger partial charge on any atom is -0.494 e. The Morgan fingerprint density at radius 1 is 0.759 bits per heavy atom. The predicted octanol–water partition coefficient (Wildman–Crippen LogP) is 4.33. The molecule has 148 valence electrons. The van der Waals surface area contributed by atoms with Gasteiger partial charge in [-0.2, -0.15) is 0 Å². The Labute approximate surface area is 170 Å². The van der Waals surface area contributed by atoms with Crippen LogP contribution in [0.1, 0.15) is 45.8 Å². The molecule has 0 unspecified atom stereocenters. The van der Waals surface area contributed by atoms with Crippen LogP contribution in [0.2, 0.25) is 0 Å². The van der Waals surface area contributed by atoms with Crippen LogP contribution in [0.15, 0.2) is 84.9 Å². The van der Waals surface area contributed by atoms with Crippen molar-refractivity contribution in [1.82, 2.24) is 10.6 Å². The highest BCUT2D eigenvalue weighted by Crippen LogP contribution is 2.18. The molecule has 0 bridgehead atoms. The van der Waals surface area contributed by atoms with Crippen LogP contribution in [-0.2, 0) is 0 Å². The van der Waals surface area contributed by atoms with Gasteiger partial charge in [0.05, 0.1) is 6.61 Å². The summed E-state index contributed by atoms with van der Waals surface area (Å²) in [5.74, 6) is 0.212. The summed E-state index contributed by atoms with van der Waals surface area (Å²) in [7, 11) is 0. The van der Waals surface area contributed by atoms with Crippen LogP contribution in [-0.4, -0.2) is 18.4 Å². The number of amides is 2. The van der Waals surface area contributed by atoms with Gasteiger partial charge in [-0.15, -0.1) is 0 Å². The van der Waals surface area contributed by atoms with Gasteiger partial charge in [0.2, 0.25) is 0 Å². The van der Waals surface area contributed by atoms with E-state index in [2.05, 4.69) is 10.6 Å². The second kappa shape index (κ2) is 10.1. The number of hydrogen-bond acceptors (Lipinski definition) is 3. The lowest BCUT2D eigenvalue weighted by Crippen LogP contribution is -2.41. The molecule has 0 aromatic heterocycles. The molecule has 0 heterocycles. The van der Waals surface area contributed by atoms with E-state index in [1.54, 1.807) is 48.5 Å². The van der Waals surface area contributed by atoms with Gasteiger partial charge < -0.3 is 15.4 Å². The topological polar surface area (TPSA) is 67.4 Å². The summed E-state index contributed by atoms with van der Waals surface area (Å²) in [6, 6.07) is 25.2. The summed E-state index contributed by atoms with van der Waals surface area (Å²) in [6.07, 6.45) is 0.237. The first-order chi connectivity index (χ1) is 14.2. The summed E-state index contributed by atoms with van der Waals surface area (Å²) in [6.45, 7) is 2.68. The normalized spacial score (nSPS) is 10.4. The summed E-state index contributed by atoms with van der Waals surface area (Å²) in [5.41, 5.74) is 1.80. The van der Waals surface area contributed by atoms with Crippen LogP contribution in [0.5, 0.6) is 5.75 Å². The molecule has 3 rings (SSSR count). The molecule has 5 heteroatoms. The Morgan fingerprint density at radius 3 is 1.69 bits per heavy atom. The molecule has 0 spiro atoms. The molecule has 0 aliphatic carbocycles. The van der Waals surface area contributed by atoms with Crippen LogP contribution in [0.25, 0.3) is 0 Å². The van der Waals surface area contributed by atoms with Crippen molar-refractivity contribution in [1.29, 1.82) is 0 Å². The van der Waals surface area contributed by atoms with Gasteiger partial charge in [-0.3, -0.25) is 9.59 Å². The highest BCUT2D eigenvalue weighted by atomic mass is 16.5. The van der Waals surface area contributed by atoms with Crippen molar-refractivity contribution in [2.75, 3.05) is 6.61 Å². The highest BCUT2D eigenvalue weighted by Gasteiger charge is 2.19. The summed E-state index contributed by atoms with van der Waals surface area (Å²) in [4.78, 5) is 25.3. The molecule has 0 saturated carbocycles. The average molecular weight is 388 g/mol. The van der Waals surface area contributed by atoms with Crippen molar-refractivity contribution >= 4 is 11.8 Å². The first kappa shape index (κ1) is 20.1. The van der Waals surface area contributed by atoms with Crippen LogP contribution < -0.4 is 15.4 Å². The van der Waals surface area contributed by atoms with E-state index in [0.29, 0.717) is 17.7 Å². The van der Waals surface area contributed by atoms with E-state index in [1.807, 2.05) is 43.3 Å². The van der Waals surface area contributed by atoms with Gasteiger partial charge in [0.1, 0.15) is 11.9 Å². The lowest BCUT2D eigenvalue weighted by atomic mass is 10.1. The highest BCUT2D eigenvalue weighted by molar-refractivity contribution is 5.96. The average Bonchev–Trinajstić information content (AvgIpc) is 2.78. The molecule has 5 nitrogen and oxygen atoms in total. The molecular weight excluding hydrogens is 364 g/mol. The van der Waals surface area contributed by atoms with Crippen molar-refractivity contribution in [3.63, 3.8) is 0 Å². The summed E-state index contributed by atoms with van der Waals surface area (Å²) in [5, 5.41) is 5.80. The third-order valence-electron chi connectivity index (χ3n) is 4.31. The van der Waals surface area contributed by atoms with E-state index in [4.69, 9.17) is 4.74 Å². The zero-order valence-electron chi connectivity index (χ0n) is 16.3. The minimum absolute atomic E-state index is 0.268. The fraction of sp³-hybridized carbons (Fsp3) is 0.167. The number of rotatable bonds is 8. The van der Waals surface area contributed by atoms with Gasteiger partial charge >= 0.3 is 0 Å². The Morgan fingerprint density at radius 2 is 1.24 bits per heavy atom. The summed E-state index contributed by atoms with van der Waals surface area (Å²) >= 11 is 0. The standard InChI is InChI=1S/C24H24N2O3/c1-2-17-29-21-15-13-18(14-16-21)22(25-23(27)19-9-5-3-6-10-19)26-24(28)20-11-7-4-8-12-20/h3-16,22H,2,17H2,1H3,(H,25,27)(H,26,28). The van der Waals surface area contributed by atoms with Gasteiger partial charge in [0.25, 0.3) is 11.8 Å². The number of ether oxygens (including phenoxy) is 1. The van der Waals surface area contributed by atoms with Gasteiger partial charge in [-0.1, -0.05) is 55.5 Å². The Bertz CT molecular complexity index is 872. The van der Waals surface area contributed by atoms with Crippen molar-refractivity contribution in [2.24, 2.45) is 0 Å². The molecule has 0 saturated heterocycles. The van der Waals surface area contributed by atoms with Crippen LogP contribution in [0.3, 0.4) is 0 Å². The predicted molar refractivity (Wildman–Crippen MR) is 113 cm³/mol. The molecule has 0 radical (unpaired) electrons. The molecule has 3 aromatic carbocycles. The fourth-order valence-corrected chi connectivity index (χ4v) is 2.79. The smallest absolute Gasteiger partial charge is 0.253 e. The minimum atomic E-state index is -0.685. The third-order valence-corrected chi connectivity index (χ3v) is 4.31. The van der Waals surface area contributed by atoms with Crippen LogP contribution >= 0.6 is 0 Å². The second-order valence-corrected chi connectivity index (χ2v) is 6.53. The molecule has 0 atom stereocenters.